The van der Waals surface area contributed by atoms with Crippen molar-refractivity contribution in [3.8, 4) is 0 Å². The SMILES string of the molecule is Cc1c(C(=O)N2CCC(N3CCCC3)C2)oc2c1C(=O)CCC2. The summed E-state index contributed by atoms with van der Waals surface area (Å²) in [5, 5.41) is 0. The number of Topliss-reactive ketones (excluding diaryl/α,β-unsaturated/α-hetero) is 1. The Bertz CT molecular complexity index is 643. The van der Waals surface area contributed by atoms with Crippen LogP contribution in [0.3, 0.4) is 0 Å². The topological polar surface area (TPSA) is 53.8 Å². The van der Waals surface area contributed by atoms with E-state index in [2.05, 4.69) is 4.90 Å². The summed E-state index contributed by atoms with van der Waals surface area (Å²) in [7, 11) is 0. The van der Waals surface area contributed by atoms with Crippen molar-refractivity contribution in [3.63, 3.8) is 0 Å². The normalized spacial score (nSPS) is 25.2. The average molecular weight is 316 g/mol. The quantitative estimate of drug-likeness (QED) is 0.841. The van der Waals surface area contributed by atoms with Crippen molar-refractivity contribution >= 4 is 11.7 Å². The highest BCUT2D eigenvalue weighted by Crippen LogP contribution is 2.31. The van der Waals surface area contributed by atoms with Gasteiger partial charge >= 0.3 is 0 Å². The van der Waals surface area contributed by atoms with E-state index in [-0.39, 0.29) is 11.7 Å². The van der Waals surface area contributed by atoms with E-state index in [9.17, 15) is 9.59 Å². The first-order chi connectivity index (χ1) is 11.1. The zero-order chi connectivity index (χ0) is 16.0. The first kappa shape index (κ1) is 14.9. The Morgan fingerprint density at radius 1 is 1.13 bits per heavy atom. The van der Waals surface area contributed by atoms with Gasteiger partial charge in [0, 0.05) is 37.5 Å². The Labute approximate surface area is 136 Å². The summed E-state index contributed by atoms with van der Waals surface area (Å²) < 4.78 is 5.82. The smallest absolute Gasteiger partial charge is 0.289 e. The summed E-state index contributed by atoms with van der Waals surface area (Å²) in [6.45, 7) is 5.76. The maximum absolute atomic E-state index is 12.9. The minimum atomic E-state index is -0.0357. The van der Waals surface area contributed by atoms with Crippen LogP contribution >= 0.6 is 0 Å². The highest BCUT2D eigenvalue weighted by Gasteiger charge is 2.35. The third-order valence-corrected chi connectivity index (χ3v) is 5.61. The van der Waals surface area contributed by atoms with E-state index in [1.165, 1.54) is 12.8 Å². The summed E-state index contributed by atoms with van der Waals surface area (Å²) in [6, 6.07) is 0.493. The van der Waals surface area contributed by atoms with Gasteiger partial charge in [-0.05, 0) is 45.7 Å². The zero-order valence-electron chi connectivity index (χ0n) is 13.8. The number of rotatable bonds is 2. The van der Waals surface area contributed by atoms with Gasteiger partial charge in [0.25, 0.3) is 5.91 Å². The number of hydrogen-bond acceptors (Lipinski definition) is 4. The molecule has 0 N–H and O–H groups in total. The lowest BCUT2D eigenvalue weighted by molar-refractivity contribution is 0.0745. The second-order valence-corrected chi connectivity index (χ2v) is 7.07. The van der Waals surface area contributed by atoms with Crippen LogP contribution in [0.4, 0.5) is 0 Å². The van der Waals surface area contributed by atoms with Crippen molar-refractivity contribution in [3.05, 3.63) is 22.6 Å². The van der Waals surface area contributed by atoms with Crippen LogP contribution in [0.2, 0.25) is 0 Å². The second-order valence-electron chi connectivity index (χ2n) is 7.07. The van der Waals surface area contributed by atoms with Crippen molar-refractivity contribution in [2.24, 2.45) is 0 Å². The molecule has 0 saturated carbocycles. The predicted octanol–water partition coefficient (Wildman–Crippen LogP) is 2.42. The first-order valence-electron chi connectivity index (χ1n) is 8.84. The molecule has 1 aromatic heterocycles. The van der Waals surface area contributed by atoms with Gasteiger partial charge in [0.2, 0.25) is 0 Å². The van der Waals surface area contributed by atoms with Gasteiger partial charge in [-0.2, -0.15) is 0 Å². The van der Waals surface area contributed by atoms with Crippen molar-refractivity contribution < 1.29 is 14.0 Å². The van der Waals surface area contributed by atoms with Crippen molar-refractivity contribution in [2.45, 2.75) is 51.5 Å². The lowest BCUT2D eigenvalue weighted by Crippen LogP contribution is -2.37. The lowest BCUT2D eigenvalue weighted by atomic mass is 9.94. The Kier molecular flexibility index (Phi) is 3.76. The predicted molar refractivity (Wildman–Crippen MR) is 85.8 cm³/mol. The molecular weight excluding hydrogens is 292 g/mol. The minimum Gasteiger partial charge on any atom is -0.455 e. The molecule has 0 radical (unpaired) electrons. The Morgan fingerprint density at radius 2 is 1.91 bits per heavy atom. The number of nitrogens with zero attached hydrogens (tertiary/aromatic N) is 2. The molecule has 1 aliphatic carbocycles. The Balaban J connectivity index is 1.52. The van der Waals surface area contributed by atoms with E-state index in [4.69, 9.17) is 4.42 Å². The molecule has 2 aliphatic heterocycles. The molecule has 1 unspecified atom stereocenters. The number of fused-ring (bicyclic) bond motifs is 1. The molecule has 2 saturated heterocycles. The van der Waals surface area contributed by atoms with E-state index >= 15 is 0 Å². The van der Waals surface area contributed by atoms with E-state index in [0.717, 1.165) is 56.8 Å². The molecule has 5 heteroatoms. The molecule has 0 spiro atoms. The maximum Gasteiger partial charge on any atom is 0.289 e. The van der Waals surface area contributed by atoms with Crippen LogP contribution in [0.1, 0.15) is 64.3 Å². The highest BCUT2D eigenvalue weighted by molar-refractivity contribution is 6.03. The molecule has 124 valence electrons. The highest BCUT2D eigenvalue weighted by atomic mass is 16.4. The molecule has 23 heavy (non-hydrogen) atoms. The van der Waals surface area contributed by atoms with E-state index in [0.29, 0.717) is 23.8 Å². The summed E-state index contributed by atoms with van der Waals surface area (Å²) in [5.74, 6) is 1.21. The molecule has 5 nitrogen and oxygen atoms in total. The van der Waals surface area contributed by atoms with Crippen LogP contribution in [0.15, 0.2) is 4.42 Å². The lowest BCUT2D eigenvalue weighted by Gasteiger charge is -2.23. The van der Waals surface area contributed by atoms with Gasteiger partial charge in [-0.1, -0.05) is 0 Å². The fraction of sp³-hybridized carbons (Fsp3) is 0.667. The fourth-order valence-corrected chi connectivity index (χ4v) is 4.33. The molecule has 1 aromatic rings. The second kappa shape index (κ2) is 5.78. The molecule has 3 heterocycles. The zero-order valence-corrected chi connectivity index (χ0v) is 13.8. The number of hydrogen-bond donors (Lipinski definition) is 0. The third kappa shape index (κ3) is 2.51. The van der Waals surface area contributed by atoms with Crippen molar-refractivity contribution in [1.29, 1.82) is 0 Å². The van der Waals surface area contributed by atoms with E-state index in [1.54, 1.807) is 0 Å². The summed E-state index contributed by atoms with van der Waals surface area (Å²) >= 11 is 0. The molecule has 1 atom stereocenters. The van der Waals surface area contributed by atoms with Crippen LogP contribution in [0, 0.1) is 6.92 Å². The molecule has 2 fully saturated rings. The number of carbonyl (C=O) groups is 2. The molecule has 0 aromatic carbocycles. The number of likely N-dealkylation sites (tertiary alicyclic amines) is 2. The minimum absolute atomic E-state index is 0.0357. The van der Waals surface area contributed by atoms with Gasteiger partial charge in [-0.25, -0.2) is 0 Å². The first-order valence-corrected chi connectivity index (χ1v) is 8.84. The van der Waals surface area contributed by atoms with Crippen LogP contribution in [-0.4, -0.2) is 53.7 Å². The van der Waals surface area contributed by atoms with Gasteiger partial charge in [0.15, 0.2) is 11.5 Å². The van der Waals surface area contributed by atoms with Gasteiger partial charge in [-0.15, -0.1) is 0 Å². The van der Waals surface area contributed by atoms with E-state index in [1.807, 2.05) is 11.8 Å². The monoisotopic (exact) mass is 316 g/mol. The van der Waals surface area contributed by atoms with Gasteiger partial charge < -0.3 is 9.32 Å². The van der Waals surface area contributed by atoms with Gasteiger partial charge in [0.1, 0.15) is 5.76 Å². The van der Waals surface area contributed by atoms with Crippen LogP contribution in [-0.2, 0) is 6.42 Å². The number of furan rings is 1. The summed E-state index contributed by atoms with van der Waals surface area (Å²) in [6.07, 6.45) is 5.76. The van der Waals surface area contributed by atoms with Gasteiger partial charge in [0.05, 0.1) is 5.56 Å². The third-order valence-electron chi connectivity index (χ3n) is 5.61. The Hall–Kier alpha value is -1.62. The Morgan fingerprint density at radius 3 is 2.65 bits per heavy atom. The van der Waals surface area contributed by atoms with Crippen molar-refractivity contribution in [2.75, 3.05) is 26.2 Å². The molecule has 3 aliphatic rings. The largest absolute Gasteiger partial charge is 0.455 e. The molecular formula is C18H24N2O3. The average Bonchev–Trinajstić information content (AvgIpc) is 3.26. The fourth-order valence-electron chi connectivity index (χ4n) is 4.33. The van der Waals surface area contributed by atoms with Crippen LogP contribution < -0.4 is 0 Å². The molecule has 1 amide bonds. The maximum atomic E-state index is 12.9. The van der Waals surface area contributed by atoms with E-state index < -0.39 is 0 Å². The standard InChI is InChI=1S/C18H24N2O3/c1-12-16-14(21)5-4-6-15(16)23-17(12)18(22)20-10-7-13(11-20)19-8-2-3-9-19/h13H,2-11H2,1H3. The summed E-state index contributed by atoms with van der Waals surface area (Å²) in [5.41, 5.74) is 1.43. The number of aryl methyl sites for hydroxylation is 1. The molecule has 0 bridgehead atoms. The van der Waals surface area contributed by atoms with Crippen LogP contribution in [0.25, 0.3) is 0 Å². The van der Waals surface area contributed by atoms with Crippen LogP contribution in [0.5, 0.6) is 0 Å². The summed E-state index contributed by atoms with van der Waals surface area (Å²) in [4.78, 5) is 29.4. The number of ketones is 1. The molecule has 4 rings (SSSR count). The van der Waals surface area contributed by atoms with Gasteiger partial charge in [-0.3, -0.25) is 14.5 Å². The number of amides is 1. The van der Waals surface area contributed by atoms with Crippen molar-refractivity contribution in [1.82, 2.24) is 9.80 Å². The number of carbonyl (C=O) groups excluding carboxylic acids is 2.